The van der Waals surface area contributed by atoms with Crippen LogP contribution < -0.4 is 4.90 Å². The molecule has 0 N–H and O–H groups in total. The fourth-order valence-electron chi connectivity index (χ4n) is 3.08. The van der Waals surface area contributed by atoms with Gasteiger partial charge in [-0.25, -0.2) is 14.4 Å². The van der Waals surface area contributed by atoms with Crippen LogP contribution in [0.25, 0.3) is 11.0 Å². The number of aromatic nitrogens is 3. The third kappa shape index (κ3) is 2.88. The maximum absolute atomic E-state index is 13.9. The number of benzene rings is 2. The standard InChI is InChI=1S/C21H17FN4/c1-14-6-3-7-15(2)20(14)26(17-9-4-8-16(22)12-17)21-24-13-19-18(25-21)10-5-11-23-19/h3-13H,1-2H3. The van der Waals surface area contributed by atoms with E-state index in [4.69, 9.17) is 0 Å². The molecule has 0 fully saturated rings. The summed E-state index contributed by atoms with van der Waals surface area (Å²) in [4.78, 5) is 15.3. The van der Waals surface area contributed by atoms with Gasteiger partial charge in [-0.1, -0.05) is 24.3 Å². The zero-order chi connectivity index (χ0) is 18.1. The molecule has 2 aromatic heterocycles. The van der Waals surface area contributed by atoms with Crippen LogP contribution in [0.5, 0.6) is 0 Å². The minimum Gasteiger partial charge on any atom is -0.279 e. The first kappa shape index (κ1) is 16.1. The van der Waals surface area contributed by atoms with E-state index in [0.717, 1.165) is 27.8 Å². The van der Waals surface area contributed by atoms with Gasteiger partial charge in [-0.2, -0.15) is 0 Å². The van der Waals surface area contributed by atoms with Crippen LogP contribution in [0, 0.1) is 19.7 Å². The average molecular weight is 344 g/mol. The summed E-state index contributed by atoms with van der Waals surface area (Å²) in [5.41, 5.74) is 5.20. The molecule has 4 aromatic rings. The van der Waals surface area contributed by atoms with E-state index in [9.17, 15) is 4.39 Å². The summed E-state index contributed by atoms with van der Waals surface area (Å²) in [5.74, 6) is 0.176. The molecule has 0 saturated heterocycles. The van der Waals surface area contributed by atoms with E-state index in [0.29, 0.717) is 11.6 Å². The summed E-state index contributed by atoms with van der Waals surface area (Å²) >= 11 is 0. The average Bonchev–Trinajstić information content (AvgIpc) is 2.64. The molecule has 0 spiro atoms. The second-order valence-electron chi connectivity index (χ2n) is 6.13. The van der Waals surface area contributed by atoms with Crippen LogP contribution in [0.3, 0.4) is 0 Å². The van der Waals surface area contributed by atoms with Crippen molar-refractivity contribution in [2.24, 2.45) is 0 Å². The van der Waals surface area contributed by atoms with Gasteiger partial charge in [0, 0.05) is 6.20 Å². The van der Waals surface area contributed by atoms with Gasteiger partial charge < -0.3 is 0 Å². The van der Waals surface area contributed by atoms with Gasteiger partial charge in [0.1, 0.15) is 11.3 Å². The molecule has 0 atom stereocenters. The summed E-state index contributed by atoms with van der Waals surface area (Å²) in [6.45, 7) is 4.05. The SMILES string of the molecule is Cc1cccc(C)c1N(c1cccc(F)c1)c1ncc2ncccc2n1. The highest BCUT2D eigenvalue weighted by Crippen LogP contribution is 2.37. The number of aryl methyl sites for hydroxylation is 2. The Balaban J connectivity index is 1.98. The van der Waals surface area contributed by atoms with Gasteiger partial charge in [-0.05, 0) is 55.3 Å². The first-order valence-corrected chi connectivity index (χ1v) is 8.33. The molecule has 128 valence electrons. The number of nitrogens with zero attached hydrogens (tertiary/aromatic N) is 4. The first-order chi connectivity index (χ1) is 12.6. The molecular formula is C21H17FN4. The van der Waals surface area contributed by atoms with Gasteiger partial charge in [0.2, 0.25) is 5.95 Å². The number of anilines is 3. The molecule has 26 heavy (non-hydrogen) atoms. The molecule has 0 bridgehead atoms. The van der Waals surface area contributed by atoms with Crippen LogP contribution in [-0.4, -0.2) is 15.0 Å². The number of para-hydroxylation sites is 1. The maximum Gasteiger partial charge on any atom is 0.235 e. The van der Waals surface area contributed by atoms with Gasteiger partial charge >= 0.3 is 0 Å². The van der Waals surface area contributed by atoms with Crippen LogP contribution >= 0.6 is 0 Å². The fraction of sp³-hybridized carbons (Fsp3) is 0.0952. The molecule has 0 radical (unpaired) electrons. The van der Waals surface area contributed by atoms with E-state index < -0.39 is 0 Å². The van der Waals surface area contributed by atoms with E-state index in [1.165, 1.54) is 12.1 Å². The van der Waals surface area contributed by atoms with Crippen LogP contribution in [-0.2, 0) is 0 Å². The van der Waals surface area contributed by atoms with Crippen LogP contribution in [0.4, 0.5) is 21.7 Å². The molecule has 4 nitrogen and oxygen atoms in total. The van der Waals surface area contributed by atoms with Gasteiger partial charge in [-0.15, -0.1) is 0 Å². The largest absolute Gasteiger partial charge is 0.279 e. The number of hydrogen-bond donors (Lipinski definition) is 0. The molecule has 0 aliphatic rings. The molecule has 0 saturated carbocycles. The van der Waals surface area contributed by atoms with Crippen LogP contribution in [0.1, 0.15) is 11.1 Å². The highest BCUT2D eigenvalue weighted by atomic mass is 19.1. The first-order valence-electron chi connectivity index (χ1n) is 8.33. The van der Waals surface area contributed by atoms with Crippen LogP contribution in [0.2, 0.25) is 0 Å². The Morgan fingerprint density at radius 2 is 1.62 bits per heavy atom. The molecular weight excluding hydrogens is 327 g/mol. The highest BCUT2D eigenvalue weighted by Gasteiger charge is 2.19. The van der Waals surface area contributed by atoms with Crippen molar-refractivity contribution in [2.75, 3.05) is 4.90 Å². The molecule has 0 aliphatic carbocycles. The number of rotatable bonds is 3. The lowest BCUT2D eigenvalue weighted by molar-refractivity contribution is 0.628. The predicted octanol–water partition coefficient (Wildman–Crippen LogP) is 5.25. The Labute approximate surface area is 151 Å². The molecule has 2 heterocycles. The minimum absolute atomic E-state index is 0.304. The molecule has 0 aliphatic heterocycles. The number of halogens is 1. The summed E-state index contributed by atoms with van der Waals surface area (Å²) < 4.78 is 13.9. The zero-order valence-corrected chi connectivity index (χ0v) is 14.5. The smallest absolute Gasteiger partial charge is 0.235 e. The Bertz CT molecular complexity index is 1070. The molecule has 4 rings (SSSR count). The number of fused-ring (bicyclic) bond motifs is 1. The lowest BCUT2D eigenvalue weighted by Crippen LogP contribution is -2.16. The third-order valence-corrected chi connectivity index (χ3v) is 4.27. The summed E-state index contributed by atoms with van der Waals surface area (Å²) in [7, 11) is 0. The molecule has 5 heteroatoms. The van der Waals surface area contributed by atoms with Crippen molar-refractivity contribution in [3.05, 3.63) is 83.9 Å². The number of hydrogen-bond acceptors (Lipinski definition) is 4. The van der Waals surface area contributed by atoms with Crippen molar-refractivity contribution in [3.63, 3.8) is 0 Å². The third-order valence-electron chi connectivity index (χ3n) is 4.27. The number of pyridine rings is 1. The normalized spacial score (nSPS) is 10.9. The second-order valence-corrected chi connectivity index (χ2v) is 6.13. The monoisotopic (exact) mass is 344 g/mol. The van der Waals surface area contributed by atoms with Crippen molar-refractivity contribution in [3.8, 4) is 0 Å². The van der Waals surface area contributed by atoms with Crippen molar-refractivity contribution < 1.29 is 4.39 Å². The van der Waals surface area contributed by atoms with Crippen molar-refractivity contribution >= 4 is 28.4 Å². The van der Waals surface area contributed by atoms with Crippen LogP contribution in [0.15, 0.2) is 67.0 Å². The Hall–Kier alpha value is -3.34. The highest BCUT2D eigenvalue weighted by molar-refractivity contribution is 5.80. The lowest BCUT2D eigenvalue weighted by Gasteiger charge is -2.26. The van der Waals surface area contributed by atoms with Gasteiger partial charge in [0.25, 0.3) is 0 Å². The maximum atomic E-state index is 13.9. The van der Waals surface area contributed by atoms with Gasteiger partial charge in [0.15, 0.2) is 0 Å². The summed E-state index contributed by atoms with van der Waals surface area (Å²) in [5, 5.41) is 0. The molecule has 0 amide bonds. The van der Waals surface area contributed by atoms with Gasteiger partial charge in [-0.3, -0.25) is 9.88 Å². The predicted molar refractivity (Wildman–Crippen MR) is 101 cm³/mol. The zero-order valence-electron chi connectivity index (χ0n) is 14.5. The van der Waals surface area contributed by atoms with Crippen molar-refractivity contribution in [1.29, 1.82) is 0 Å². The summed E-state index contributed by atoms with van der Waals surface area (Å²) in [6.07, 6.45) is 3.40. The fourth-order valence-corrected chi connectivity index (χ4v) is 3.08. The van der Waals surface area contributed by atoms with E-state index in [1.807, 2.05) is 55.1 Å². The van der Waals surface area contributed by atoms with E-state index in [1.54, 1.807) is 18.5 Å². The quantitative estimate of drug-likeness (QED) is 0.509. The van der Waals surface area contributed by atoms with Crippen molar-refractivity contribution in [2.45, 2.75) is 13.8 Å². The lowest BCUT2D eigenvalue weighted by atomic mass is 10.1. The Morgan fingerprint density at radius 3 is 2.38 bits per heavy atom. The van der Waals surface area contributed by atoms with E-state index in [2.05, 4.69) is 15.0 Å². The second kappa shape index (κ2) is 6.52. The van der Waals surface area contributed by atoms with Gasteiger partial charge in [0.05, 0.1) is 23.1 Å². The topological polar surface area (TPSA) is 41.9 Å². The van der Waals surface area contributed by atoms with E-state index in [-0.39, 0.29) is 5.82 Å². The van der Waals surface area contributed by atoms with Crippen molar-refractivity contribution in [1.82, 2.24) is 15.0 Å². The minimum atomic E-state index is -0.304. The molecule has 0 unspecified atom stereocenters. The Morgan fingerprint density at radius 1 is 0.846 bits per heavy atom. The summed E-state index contributed by atoms with van der Waals surface area (Å²) in [6, 6.07) is 16.2. The van der Waals surface area contributed by atoms with E-state index >= 15 is 0 Å². The Kier molecular flexibility index (Phi) is 4.05. The molecule has 2 aromatic carbocycles.